The molecule has 1 atom stereocenters. The number of hydrogen-bond acceptors (Lipinski definition) is 6. The number of nitrogens with zero attached hydrogens (tertiary/aromatic N) is 4. The van der Waals surface area contributed by atoms with E-state index in [0.29, 0.717) is 12.3 Å². The van der Waals surface area contributed by atoms with E-state index in [4.69, 9.17) is 9.52 Å². The zero-order valence-corrected chi connectivity index (χ0v) is 20.8. The Hall–Kier alpha value is -3.29. The number of aliphatic imine (C=N–C) groups is 1. The lowest BCUT2D eigenvalue weighted by Gasteiger charge is -2.32. The Bertz CT molecular complexity index is 1140. The number of aryl methyl sites for hydroxylation is 1. The van der Waals surface area contributed by atoms with Crippen LogP contribution in [0.4, 0.5) is 0 Å². The Morgan fingerprint density at radius 2 is 1.94 bits per heavy atom. The molecule has 0 bridgehead atoms. The summed E-state index contributed by atoms with van der Waals surface area (Å²) >= 11 is 0. The molecule has 0 unspecified atom stereocenters. The molecule has 2 aromatic rings. The van der Waals surface area contributed by atoms with Crippen LogP contribution in [-0.4, -0.2) is 72.9 Å². The van der Waals surface area contributed by atoms with Gasteiger partial charge in [0.2, 0.25) is 5.91 Å². The molecule has 0 saturated carbocycles. The van der Waals surface area contributed by atoms with Gasteiger partial charge in [-0.25, -0.2) is 0 Å². The molecule has 35 heavy (non-hydrogen) atoms. The maximum atomic E-state index is 13.0. The van der Waals surface area contributed by atoms with Gasteiger partial charge in [-0.2, -0.15) is 0 Å². The first-order valence-corrected chi connectivity index (χ1v) is 12.3. The zero-order chi connectivity index (χ0) is 24.8. The Balaban J connectivity index is 1.52. The molecule has 1 aromatic heterocycles. The summed E-state index contributed by atoms with van der Waals surface area (Å²) < 4.78 is 5.76. The summed E-state index contributed by atoms with van der Waals surface area (Å²) in [5.74, 6) is 0.579. The van der Waals surface area contributed by atoms with Gasteiger partial charge in [-0.15, -0.1) is 0 Å². The van der Waals surface area contributed by atoms with Gasteiger partial charge < -0.3 is 19.6 Å². The van der Waals surface area contributed by atoms with Gasteiger partial charge in [-0.05, 0) is 38.1 Å². The van der Waals surface area contributed by atoms with Crippen LogP contribution in [0.5, 0.6) is 0 Å². The fourth-order valence-corrected chi connectivity index (χ4v) is 4.72. The van der Waals surface area contributed by atoms with Gasteiger partial charge in [0.1, 0.15) is 6.04 Å². The summed E-state index contributed by atoms with van der Waals surface area (Å²) in [5, 5.41) is 7.30. The van der Waals surface area contributed by atoms with Crippen LogP contribution >= 0.6 is 0 Å². The number of rotatable bonds is 9. The Morgan fingerprint density at radius 3 is 2.66 bits per heavy atom. The van der Waals surface area contributed by atoms with Crippen molar-refractivity contribution in [2.45, 2.75) is 25.8 Å². The predicted molar refractivity (Wildman–Crippen MR) is 141 cm³/mol. The molecule has 0 aliphatic carbocycles. The Morgan fingerprint density at radius 1 is 1.20 bits per heavy atom. The van der Waals surface area contributed by atoms with E-state index in [1.165, 1.54) is 0 Å². The molecule has 1 fully saturated rings. The van der Waals surface area contributed by atoms with Crippen LogP contribution in [0.25, 0.3) is 11.1 Å². The quantitative estimate of drug-likeness (QED) is 0.441. The normalized spacial score (nSPS) is 18.7. The van der Waals surface area contributed by atoms with E-state index in [-0.39, 0.29) is 12.3 Å². The standard InChI is InChI=1S/C28H35N5O2/c1-5-10-21(6-2)27-23-12-8-7-11-22(23)26-20(3)31-35-28(26)24(30-27)19-25(34)29-13-9-14-33-17-15-32(4)16-18-33/h5-8,10-12,24H,1-2,9,13-19H2,3-4H3,(H,29,34)/b21-10+/t24-/m0/s1. The molecule has 1 N–H and O–H groups in total. The number of amides is 1. The molecule has 2 aliphatic heterocycles. The Kier molecular flexibility index (Phi) is 8.10. The van der Waals surface area contributed by atoms with Gasteiger partial charge in [-0.1, -0.05) is 60.8 Å². The van der Waals surface area contributed by atoms with Crippen molar-refractivity contribution in [2.24, 2.45) is 4.99 Å². The number of nitrogens with one attached hydrogen (secondary N) is 1. The third-order valence-corrected chi connectivity index (χ3v) is 6.67. The van der Waals surface area contributed by atoms with Gasteiger partial charge in [0.15, 0.2) is 5.76 Å². The number of benzene rings is 1. The second-order valence-electron chi connectivity index (χ2n) is 9.16. The number of piperazine rings is 1. The summed E-state index contributed by atoms with van der Waals surface area (Å²) in [6.07, 6.45) is 6.49. The molecule has 7 heteroatoms. The van der Waals surface area contributed by atoms with Crippen LogP contribution < -0.4 is 5.32 Å². The van der Waals surface area contributed by atoms with Gasteiger partial charge in [0, 0.05) is 38.3 Å². The molecule has 7 nitrogen and oxygen atoms in total. The van der Waals surface area contributed by atoms with Crippen molar-refractivity contribution in [1.82, 2.24) is 20.3 Å². The summed E-state index contributed by atoms with van der Waals surface area (Å²) in [4.78, 5) is 22.8. The Labute approximate surface area is 207 Å². The molecule has 1 aromatic carbocycles. The van der Waals surface area contributed by atoms with Crippen LogP contribution in [0.1, 0.15) is 35.9 Å². The van der Waals surface area contributed by atoms with E-state index < -0.39 is 6.04 Å². The molecule has 1 amide bonds. The van der Waals surface area contributed by atoms with Crippen LogP contribution in [0.15, 0.2) is 70.7 Å². The average molecular weight is 474 g/mol. The smallest absolute Gasteiger partial charge is 0.222 e. The molecule has 3 heterocycles. The lowest BCUT2D eigenvalue weighted by atomic mass is 9.92. The van der Waals surface area contributed by atoms with Crippen molar-refractivity contribution in [3.05, 3.63) is 78.2 Å². The van der Waals surface area contributed by atoms with Gasteiger partial charge in [0.25, 0.3) is 0 Å². The predicted octanol–water partition coefficient (Wildman–Crippen LogP) is 3.94. The molecular weight excluding hydrogens is 438 g/mol. The molecule has 1 saturated heterocycles. The summed E-state index contributed by atoms with van der Waals surface area (Å²) in [5.41, 5.74) is 5.27. The molecule has 4 rings (SSSR count). The van der Waals surface area contributed by atoms with Gasteiger partial charge >= 0.3 is 0 Å². The topological polar surface area (TPSA) is 74.0 Å². The molecule has 2 aliphatic rings. The monoisotopic (exact) mass is 473 g/mol. The number of allylic oxidation sites excluding steroid dienone is 4. The number of carbonyl (C=O) groups is 1. The lowest BCUT2D eigenvalue weighted by Crippen LogP contribution is -2.45. The van der Waals surface area contributed by atoms with E-state index in [2.05, 4.69) is 40.5 Å². The first-order valence-electron chi connectivity index (χ1n) is 12.3. The van der Waals surface area contributed by atoms with Gasteiger partial charge in [-0.3, -0.25) is 9.79 Å². The number of fused-ring (bicyclic) bond motifs is 3. The first kappa shape index (κ1) is 24.8. The highest BCUT2D eigenvalue weighted by atomic mass is 16.5. The number of likely N-dealkylation sites (N-methyl/N-ethyl adjacent to an activating group) is 1. The first-order chi connectivity index (χ1) is 17.0. The van der Waals surface area contributed by atoms with E-state index in [1.807, 2.05) is 37.3 Å². The second-order valence-corrected chi connectivity index (χ2v) is 9.16. The van der Waals surface area contributed by atoms with Crippen LogP contribution in [0.2, 0.25) is 0 Å². The fourth-order valence-electron chi connectivity index (χ4n) is 4.72. The summed E-state index contributed by atoms with van der Waals surface area (Å²) in [6, 6.07) is 7.57. The van der Waals surface area contributed by atoms with Crippen molar-refractivity contribution in [2.75, 3.05) is 46.3 Å². The fraction of sp³-hybridized carbons (Fsp3) is 0.393. The molecular formula is C28H35N5O2. The SMILES string of the molecule is C=C/C=C(\C=C)C1=N[C@@H](CC(=O)NCCCN2CCN(C)CC2)c2onc(C)c2-c2ccccc21. The van der Waals surface area contributed by atoms with E-state index in [0.717, 1.165) is 72.8 Å². The van der Waals surface area contributed by atoms with Crippen molar-refractivity contribution in [3.63, 3.8) is 0 Å². The minimum absolute atomic E-state index is 0.0460. The largest absolute Gasteiger partial charge is 0.358 e. The highest BCUT2D eigenvalue weighted by molar-refractivity contribution is 6.18. The van der Waals surface area contributed by atoms with Crippen molar-refractivity contribution < 1.29 is 9.32 Å². The third-order valence-electron chi connectivity index (χ3n) is 6.67. The van der Waals surface area contributed by atoms with E-state index in [1.54, 1.807) is 12.2 Å². The number of aromatic nitrogens is 1. The zero-order valence-electron chi connectivity index (χ0n) is 20.8. The maximum absolute atomic E-state index is 13.0. The highest BCUT2D eigenvalue weighted by Gasteiger charge is 2.31. The minimum atomic E-state index is -0.487. The maximum Gasteiger partial charge on any atom is 0.222 e. The summed E-state index contributed by atoms with van der Waals surface area (Å²) in [7, 11) is 2.16. The van der Waals surface area contributed by atoms with Crippen molar-refractivity contribution in [1.29, 1.82) is 0 Å². The molecule has 184 valence electrons. The minimum Gasteiger partial charge on any atom is -0.358 e. The second kappa shape index (κ2) is 11.4. The van der Waals surface area contributed by atoms with Gasteiger partial charge in [0.05, 0.1) is 23.4 Å². The number of hydrogen-bond donors (Lipinski definition) is 1. The van der Waals surface area contributed by atoms with Crippen molar-refractivity contribution in [3.8, 4) is 11.1 Å². The average Bonchev–Trinajstić information content (AvgIpc) is 3.19. The number of carbonyl (C=O) groups excluding carboxylic acids is 1. The van der Waals surface area contributed by atoms with E-state index in [9.17, 15) is 4.79 Å². The lowest BCUT2D eigenvalue weighted by molar-refractivity contribution is -0.121. The molecule has 0 spiro atoms. The van der Waals surface area contributed by atoms with E-state index >= 15 is 0 Å². The third kappa shape index (κ3) is 5.69. The van der Waals surface area contributed by atoms with Crippen LogP contribution in [-0.2, 0) is 4.79 Å². The summed E-state index contributed by atoms with van der Waals surface area (Å²) in [6.45, 7) is 15.7. The van der Waals surface area contributed by atoms with Crippen LogP contribution in [0.3, 0.4) is 0 Å². The molecule has 0 radical (unpaired) electrons. The van der Waals surface area contributed by atoms with Crippen molar-refractivity contribution >= 4 is 11.6 Å². The van der Waals surface area contributed by atoms with Crippen LogP contribution in [0, 0.1) is 6.92 Å². The highest BCUT2D eigenvalue weighted by Crippen LogP contribution is 2.40.